The maximum absolute atomic E-state index is 12.4. The first-order valence-electron chi connectivity index (χ1n) is 9.61. The maximum Gasteiger partial charge on any atom is 0.230 e. The molecule has 2 aliphatic carbocycles. The molecule has 2 saturated carbocycles. The molecule has 6 heteroatoms. The summed E-state index contributed by atoms with van der Waals surface area (Å²) >= 11 is 1.49. The zero-order chi connectivity index (χ0) is 17.9. The van der Waals surface area contributed by atoms with Gasteiger partial charge in [0.1, 0.15) is 5.82 Å². The molecule has 5 nitrogen and oxygen atoms in total. The van der Waals surface area contributed by atoms with Gasteiger partial charge < -0.3 is 9.88 Å². The summed E-state index contributed by atoms with van der Waals surface area (Å²) in [5, 5.41) is 12.8. The topological polar surface area (TPSA) is 59.8 Å². The van der Waals surface area contributed by atoms with Crippen molar-refractivity contribution in [1.82, 2.24) is 20.1 Å². The molecule has 2 fully saturated rings. The highest BCUT2D eigenvalue weighted by molar-refractivity contribution is 7.99. The molecule has 4 rings (SSSR count). The van der Waals surface area contributed by atoms with E-state index in [1.165, 1.54) is 43.0 Å². The monoisotopic (exact) mass is 370 g/mol. The SMILES string of the molecule is CCn1c(Cc2ccccc2)nnc1SCC(=O)N[C@@H]1C[C@H]2CC[C@H]1C2. The van der Waals surface area contributed by atoms with Gasteiger partial charge in [0.15, 0.2) is 5.16 Å². The fourth-order valence-corrected chi connectivity index (χ4v) is 5.29. The van der Waals surface area contributed by atoms with Crippen LogP contribution in [0.3, 0.4) is 0 Å². The number of hydrogen-bond donors (Lipinski definition) is 1. The number of amides is 1. The van der Waals surface area contributed by atoms with Crippen LogP contribution >= 0.6 is 11.8 Å². The number of nitrogens with one attached hydrogen (secondary N) is 1. The van der Waals surface area contributed by atoms with E-state index in [0.29, 0.717) is 17.7 Å². The van der Waals surface area contributed by atoms with E-state index >= 15 is 0 Å². The molecule has 0 saturated heterocycles. The molecule has 2 bridgehead atoms. The van der Waals surface area contributed by atoms with Crippen LogP contribution in [0.5, 0.6) is 0 Å². The van der Waals surface area contributed by atoms with Crippen LogP contribution in [-0.4, -0.2) is 32.5 Å². The highest BCUT2D eigenvalue weighted by Crippen LogP contribution is 2.44. The smallest absolute Gasteiger partial charge is 0.230 e. The minimum absolute atomic E-state index is 0.128. The fraction of sp³-hybridized carbons (Fsp3) is 0.550. The maximum atomic E-state index is 12.4. The first kappa shape index (κ1) is 17.6. The van der Waals surface area contributed by atoms with Crippen LogP contribution in [0.1, 0.15) is 44.0 Å². The Morgan fingerprint density at radius 2 is 2.08 bits per heavy atom. The van der Waals surface area contributed by atoms with Crippen LogP contribution in [-0.2, 0) is 17.8 Å². The van der Waals surface area contributed by atoms with Crippen LogP contribution in [0.15, 0.2) is 35.5 Å². The van der Waals surface area contributed by atoms with Crippen molar-refractivity contribution < 1.29 is 4.79 Å². The van der Waals surface area contributed by atoms with E-state index in [1.807, 2.05) is 18.2 Å². The number of nitrogens with zero attached hydrogens (tertiary/aromatic N) is 3. The Kier molecular flexibility index (Phi) is 5.29. The predicted octanol–water partition coefficient (Wildman–Crippen LogP) is 3.29. The van der Waals surface area contributed by atoms with Crippen molar-refractivity contribution in [2.24, 2.45) is 11.8 Å². The van der Waals surface area contributed by atoms with Gasteiger partial charge in [-0.3, -0.25) is 4.79 Å². The Labute approximate surface area is 159 Å². The summed E-state index contributed by atoms with van der Waals surface area (Å²) < 4.78 is 2.11. The summed E-state index contributed by atoms with van der Waals surface area (Å²) in [6.07, 6.45) is 5.89. The molecule has 138 valence electrons. The Morgan fingerprint density at radius 1 is 1.23 bits per heavy atom. The van der Waals surface area contributed by atoms with Crippen molar-refractivity contribution in [3.8, 4) is 0 Å². The van der Waals surface area contributed by atoms with Gasteiger partial charge in [-0.1, -0.05) is 48.5 Å². The van der Waals surface area contributed by atoms with Crippen LogP contribution < -0.4 is 5.32 Å². The predicted molar refractivity (Wildman–Crippen MR) is 103 cm³/mol. The van der Waals surface area contributed by atoms with Gasteiger partial charge in [0.25, 0.3) is 0 Å². The van der Waals surface area contributed by atoms with Gasteiger partial charge in [-0.25, -0.2) is 0 Å². The lowest BCUT2D eigenvalue weighted by atomic mass is 9.95. The molecule has 26 heavy (non-hydrogen) atoms. The molecule has 1 N–H and O–H groups in total. The van der Waals surface area contributed by atoms with Gasteiger partial charge in [0.2, 0.25) is 5.91 Å². The zero-order valence-corrected chi connectivity index (χ0v) is 16.0. The summed E-state index contributed by atoms with van der Waals surface area (Å²) in [6, 6.07) is 10.7. The van der Waals surface area contributed by atoms with Crippen molar-refractivity contribution in [3.05, 3.63) is 41.7 Å². The minimum atomic E-state index is 0.128. The average Bonchev–Trinajstić information content (AvgIpc) is 3.36. The van der Waals surface area contributed by atoms with Crippen LogP contribution in [0, 0.1) is 11.8 Å². The molecule has 2 aromatic rings. The Morgan fingerprint density at radius 3 is 2.77 bits per heavy atom. The molecule has 1 aromatic carbocycles. The molecular formula is C20H26N4OS. The van der Waals surface area contributed by atoms with E-state index < -0.39 is 0 Å². The Balaban J connectivity index is 1.33. The summed E-state index contributed by atoms with van der Waals surface area (Å²) in [6.45, 7) is 2.91. The van der Waals surface area contributed by atoms with Gasteiger partial charge in [-0.2, -0.15) is 0 Å². The normalized spacial score (nSPS) is 24.1. The van der Waals surface area contributed by atoms with Gasteiger partial charge >= 0.3 is 0 Å². The third-order valence-electron chi connectivity index (χ3n) is 5.73. The van der Waals surface area contributed by atoms with Gasteiger partial charge in [-0.15, -0.1) is 10.2 Å². The average molecular weight is 371 g/mol. The highest BCUT2D eigenvalue weighted by Gasteiger charge is 2.40. The fourth-order valence-electron chi connectivity index (χ4n) is 4.45. The third kappa shape index (κ3) is 3.80. The quantitative estimate of drug-likeness (QED) is 0.760. The molecular weight excluding hydrogens is 344 g/mol. The van der Waals surface area contributed by atoms with Gasteiger partial charge in [-0.05, 0) is 43.6 Å². The van der Waals surface area contributed by atoms with E-state index in [2.05, 4.69) is 39.1 Å². The van der Waals surface area contributed by atoms with Gasteiger partial charge in [0.05, 0.1) is 5.75 Å². The molecule has 0 unspecified atom stereocenters. The molecule has 3 atom stereocenters. The van der Waals surface area contributed by atoms with Crippen LogP contribution in [0.4, 0.5) is 0 Å². The van der Waals surface area contributed by atoms with Crippen LogP contribution in [0.25, 0.3) is 0 Å². The summed E-state index contributed by atoms with van der Waals surface area (Å²) in [5.41, 5.74) is 1.22. The zero-order valence-electron chi connectivity index (χ0n) is 15.2. The number of hydrogen-bond acceptors (Lipinski definition) is 4. The summed E-state index contributed by atoms with van der Waals surface area (Å²) in [7, 11) is 0. The van der Waals surface area contributed by atoms with Crippen molar-refractivity contribution in [3.63, 3.8) is 0 Å². The summed E-state index contributed by atoms with van der Waals surface area (Å²) in [5.74, 6) is 3.06. The second-order valence-corrected chi connectivity index (χ2v) is 8.39. The molecule has 2 aliphatic rings. The minimum Gasteiger partial charge on any atom is -0.352 e. The lowest BCUT2D eigenvalue weighted by Crippen LogP contribution is -2.39. The molecule has 1 aromatic heterocycles. The van der Waals surface area contributed by atoms with E-state index in [0.717, 1.165) is 29.9 Å². The van der Waals surface area contributed by atoms with Crippen molar-refractivity contribution >= 4 is 17.7 Å². The lowest BCUT2D eigenvalue weighted by Gasteiger charge is -2.22. The largest absolute Gasteiger partial charge is 0.352 e. The van der Waals surface area contributed by atoms with Crippen molar-refractivity contribution in [2.45, 2.75) is 56.8 Å². The summed E-state index contributed by atoms with van der Waals surface area (Å²) in [4.78, 5) is 12.4. The lowest BCUT2D eigenvalue weighted by molar-refractivity contribution is -0.119. The molecule has 0 spiro atoms. The number of carbonyl (C=O) groups is 1. The second-order valence-electron chi connectivity index (χ2n) is 7.44. The first-order valence-corrected chi connectivity index (χ1v) is 10.6. The number of aromatic nitrogens is 3. The standard InChI is InChI=1S/C20H26N4OS/c1-2-24-18(12-14-6-4-3-5-7-14)22-23-20(24)26-13-19(25)21-17-11-15-8-9-16(17)10-15/h3-7,15-17H,2,8-13H2,1H3,(H,21,25)/t15-,16-,17+/m0/s1. The van der Waals surface area contributed by atoms with Crippen molar-refractivity contribution in [2.75, 3.05) is 5.75 Å². The molecule has 1 amide bonds. The van der Waals surface area contributed by atoms with Crippen molar-refractivity contribution in [1.29, 1.82) is 0 Å². The van der Waals surface area contributed by atoms with E-state index in [1.54, 1.807) is 0 Å². The third-order valence-corrected chi connectivity index (χ3v) is 6.70. The first-order chi connectivity index (χ1) is 12.7. The number of carbonyl (C=O) groups excluding carboxylic acids is 1. The Hall–Kier alpha value is -1.82. The molecule has 0 radical (unpaired) electrons. The number of thioether (sulfide) groups is 1. The Bertz CT molecular complexity index is 760. The number of fused-ring (bicyclic) bond motifs is 2. The van der Waals surface area contributed by atoms with E-state index in [9.17, 15) is 4.79 Å². The van der Waals surface area contributed by atoms with E-state index in [4.69, 9.17) is 0 Å². The highest BCUT2D eigenvalue weighted by atomic mass is 32.2. The molecule has 0 aliphatic heterocycles. The number of rotatable bonds is 7. The number of benzene rings is 1. The second kappa shape index (κ2) is 7.82. The van der Waals surface area contributed by atoms with Gasteiger partial charge in [0, 0.05) is 19.0 Å². The van der Waals surface area contributed by atoms with Crippen LogP contribution in [0.2, 0.25) is 0 Å². The molecule has 1 heterocycles. The van der Waals surface area contributed by atoms with E-state index in [-0.39, 0.29) is 5.91 Å².